The molecule has 0 N–H and O–H groups in total. The number of nitrogens with zero attached hydrogens (tertiary/aromatic N) is 3. The van der Waals surface area contributed by atoms with Crippen LogP contribution in [0, 0.1) is 0 Å². The minimum Gasteiger partial charge on any atom is -0.482 e. The summed E-state index contributed by atoms with van der Waals surface area (Å²) in [5.41, 5.74) is -0.921. The van der Waals surface area contributed by atoms with Crippen LogP contribution >= 0.6 is 0 Å². The third-order valence-corrected chi connectivity index (χ3v) is 5.32. The van der Waals surface area contributed by atoms with Crippen LogP contribution in [-0.4, -0.2) is 14.5 Å². The van der Waals surface area contributed by atoms with Crippen molar-refractivity contribution < 1.29 is 17.9 Å². The Morgan fingerprint density at radius 2 is 1.67 bits per heavy atom. The average Bonchev–Trinajstić information content (AvgIpc) is 3.33. The maximum absolute atomic E-state index is 14.1. The third-order valence-electron chi connectivity index (χ3n) is 5.32. The number of aromatic nitrogens is 3. The number of para-hydroxylation sites is 1. The van der Waals surface area contributed by atoms with Gasteiger partial charge in [0, 0.05) is 18.0 Å². The molecule has 3 heterocycles. The van der Waals surface area contributed by atoms with E-state index in [1.807, 2.05) is 6.07 Å². The zero-order valence-electron chi connectivity index (χ0n) is 14.3. The van der Waals surface area contributed by atoms with E-state index in [1.165, 1.54) is 4.57 Å². The predicted molar refractivity (Wildman–Crippen MR) is 92.6 cm³/mol. The van der Waals surface area contributed by atoms with Crippen molar-refractivity contribution in [3.8, 4) is 23.0 Å². The Morgan fingerprint density at radius 3 is 2.37 bits per heavy atom. The zero-order chi connectivity index (χ0) is 18.6. The Kier molecular flexibility index (Phi) is 3.38. The molecule has 0 unspecified atom stereocenters. The number of rotatable bonds is 1. The first-order valence-electron chi connectivity index (χ1n) is 8.89. The molecule has 7 heteroatoms. The van der Waals surface area contributed by atoms with Crippen LogP contribution in [0.15, 0.2) is 48.8 Å². The number of halogens is 3. The lowest BCUT2D eigenvalue weighted by Crippen LogP contribution is -2.37. The maximum atomic E-state index is 14.1. The zero-order valence-corrected chi connectivity index (χ0v) is 14.3. The summed E-state index contributed by atoms with van der Waals surface area (Å²) in [7, 11) is 0. The molecule has 138 valence electrons. The second-order valence-corrected chi connectivity index (χ2v) is 6.98. The second-order valence-electron chi connectivity index (χ2n) is 6.98. The first-order chi connectivity index (χ1) is 13.0. The minimum absolute atomic E-state index is 0.0101. The lowest BCUT2D eigenvalue weighted by atomic mass is 9.84. The van der Waals surface area contributed by atoms with Crippen molar-refractivity contribution in [3.63, 3.8) is 0 Å². The number of hydrogen-bond acceptors (Lipinski definition) is 3. The SMILES string of the molecule is FC(F)(F)c1nc(-n2cccc2)nc2c1C1(CCCC1)Oc1ccccc1-2. The molecule has 1 aromatic carbocycles. The molecular formula is C20H16F3N3O. The Balaban J connectivity index is 1.87. The molecule has 1 fully saturated rings. The topological polar surface area (TPSA) is 39.9 Å². The minimum atomic E-state index is -4.60. The lowest BCUT2D eigenvalue weighted by molar-refractivity contribution is -0.144. The smallest absolute Gasteiger partial charge is 0.433 e. The molecule has 5 rings (SSSR count). The van der Waals surface area contributed by atoms with Gasteiger partial charge in [0.05, 0.1) is 11.3 Å². The number of ether oxygens (including phenoxy) is 1. The van der Waals surface area contributed by atoms with Crippen LogP contribution in [0.3, 0.4) is 0 Å². The van der Waals surface area contributed by atoms with Crippen LogP contribution in [0.4, 0.5) is 13.2 Å². The van der Waals surface area contributed by atoms with Gasteiger partial charge in [-0.1, -0.05) is 12.1 Å². The van der Waals surface area contributed by atoms with Gasteiger partial charge in [0.2, 0.25) is 5.95 Å². The highest BCUT2D eigenvalue weighted by atomic mass is 19.4. The van der Waals surface area contributed by atoms with Gasteiger partial charge in [-0.15, -0.1) is 0 Å². The molecule has 2 aromatic heterocycles. The molecule has 1 aliphatic carbocycles. The number of alkyl halides is 3. The van der Waals surface area contributed by atoms with Gasteiger partial charge in [0.1, 0.15) is 11.4 Å². The molecule has 3 aromatic rings. The third kappa shape index (κ3) is 2.44. The standard InChI is InChI=1S/C20H16F3N3O/c21-20(22,23)17-15-16(24-18(25-17)26-11-5-6-12-26)13-7-1-2-8-14(13)27-19(15)9-3-4-10-19/h1-2,5-8,11-12H,3-4,9-10H2. The van der Waals surface area contributed by atoms with E-state index in [9.17, 15) is 13.2 Å². The van der Waals surface area contributed by atoms with Gasteiger partial charge in [-0.3, -0.25) is 4.57 Å². The molecule has 0 bridgehead atoms. The van der Waals surface area contributed by atoms with Crippen LogP contribution in [-0.2, 0) is 11.8 Å². The fourth-order valence-corrected chi connectivity index (χ4v) is 4.17. The van der Waals surface area contributed by atoms with Crippen LogP contribution in [0.5, 0.6) is 5.75 Å². The molecule has 1 spiro atoms. The van der Waals surface area contributed by atoms with Crippen LogP contribution in [0.25, 0.3) is 17.2 Å². The van der Waals surface area contributed by atoms with Crippen molar-refractivity contribution in [2.24, 2.45) is 0 Å². The molecule has 0 amide bonds. The van der Waals surface area contributed by atoms with E-state index < -0.39 is 17.5 Å². The van der Waals surface area contributed by atoms with Crippen molar-refractivity contribution in [2.45, 2.75) is 37.5 Å². The average molecular weight is 371 g/mol. The highest BCUT2D eigenvalue weighted by Crippen LogP contribution is 2.54. The van der Waals surface area contributed by atoms with Gasteiger partial charge >= 0.3 is 6.18 Å². The van der Waals surface area contributed by atoms with Crippen molar-refractivity contribution in [3.05, 3.63) is 60.0 Å². The Labute approximate surface area is 153 Å². The first kappa shape index (κ1) is 16.4. The molecule has 0 saturated heterocycles. The Morgan fingerprint density at radius 1 is 0.963 bits per heavy atom. The maximum Gasteiger partial charge on any atom is 0.433 e. The van der Waals surface area contributed by atoms with Crippen LogP contribution in [0.1, 0.15) is 36.9 Å². The van der Waals surface area contributed by atoms with Crippen molar-refractivity contribution >= 4 is 0 Å². The summed E-state index contributed by atoms with van der Waals surface area (Å²) in [6.45, 7) is 0. The van der Waals surface area contributed by atoms with Crippen molar-refractivity contribution in [1.82, 2.24) is 14.5 Å². The molecule has 4 nitrogen and oxygen atoms in total. The van der Waals surface area contributed by atoms with Gasteiger partial charge in [-0.25, -0.2) is 9.97 Å². The van der Waals surface area contributed by atoms with Gasteiger partial charge in [0.15, 0.2) is 5.69 Å². The summed E-state index contributed by atoms with van der Waals surface area (Å²) in [5, 5.41) is 0. The van der Waals surface area contributed by atoms with Gasteiger partial charge in [-0.2, -0.15) is 13.2 Å². The highest BCUT2D eigenvalue weighted by Gasteiger charge is 2.51. The number of benzene rings is 1. The second kappa shape index (κ2) is 5.58. The molecule has 2 aliphatic rings. The van der Waals surface area contributed by atoms with Gasteiger partial charge < -0.3 is 4.74 Å². The van der Waals surface area contributed by atoms with E-state index in [0.29, 0.717) is 29.8 Å². The fraction of sp³-hybridized carbons (Fsp3) is 0.300. The Hall–Kier alpha value is -2.83. The van der Waals surface area contributed by atoms with Crippen molar-refractivity contribution in [1.29, 1.82) is 0 Å². The van der Waals surface area contributed by atoms with E-state index in [1.54, 1.807) is 42.7 Å². The quantitative estimate of drug-likeness (QED) is 0.596. The summed E-state index contributed by atoms with van der Waals surface area (Å²) < 4.78 is 49.8. The van der Waals surface area contributed by atoms with Gasteiger partial charge in [-0.05, 0) is 49.9 Å². The summed E-state index contributed by atoms with van der Waals surface area (Å²) in [6.07, 6.45) is 1.38. The fourth-order valence-electron chi connectivity index (χ4n) is 4.17. The number of hydrogen-bond donors (Lipinski definition) is 0. The first-order valence-corrected chi connectivity index (χ1v) is 8.89. The van der Waals surface area contributed by atoms with E-state index in [0.717, 1.165) is 12.8 Å². The van der Waals surface area contributed by atoms with Gasteiger partial charge in [0.25, 0.3) is 0 Å². The summed E-state index contributed by atoms with van der Waals surface area (Å²) in [6, 6.07) is 10.6. The predicted octanol–water partition coefficient (Wildman–Crippen LogP) is 5.11. The van der Waals surface area contributed by atoms with E-state index in [4.69, 9.17) is 4.74 Å². The number of fused-ring (bicyclic) bond motifs is 4. The lowest BCUT2D eigenvalue weighted by Gasteiger charge is -2.38. The molecule has 0 atom stereocenters. The van der Waals surface area contributed by atoms with Crippen molar-refractivity contribution in [2.75, 3.05) is 0 Å². The molecule has 27 heavy (non-hydrogen) atoms. The van der Waals surface area contributed by atoms with E-state index in [-0.39, 0.29) is 11.5 Å². The van der Waals surface area contributed by atoms with E-state index >= 15 is 0 Å². The summed E-state index contributed by atoms with van der Waals surface area (Å²) >= 11 is 0. The Bertz CT molecular complexity index is 1010. The molecule has 0 radical (unpaired) electrons. The normalized spacial score (nSPS) is 17.4. The summed E-state index contributed by atoms with van der Waals surface area (Å²) in [4.78, 5) is 8.50. The van der Waals surface area contributed by atoms with Crippen LogP contribution < -0.4 is 4.74 Å². The molecule has 1 saturated carbocycles. The monoisotopic (exact) mass is 371 g/mol. The highest BCUT2D eigenvalue weighted by molar-refractivity contribution is 5.75. The van der Waals surface area contributed by atoms with Crippen LogP contribution in [0.2, 0.25) is 0 Å². The molecule has 1 aliphatic heterocycles. The largest absolute Gasteiger partial charge is 0.482 e. The van der Waals surface area contributed by atoms with E-state index in [2.05, 4.69) is 9.97 Å². The summed E-state index contributed by atoms with van der Waals surface area (Å²) in [5.74, 6) is 0.591. The molecular weight excluding hydrogens is 355 g/mol.